The Balaban J connectivity index is 1.02. The summed E-state index contributed by atoms with van der Waals surface area (Å²) < 4.78 is 56.6. The minimum atomic E-state index is -4.46. The van der Waals surface area contributed by atoms with Gasteiger partial charge in [-0.15, -0.1) is 11.3 Å². The molecule has 3 saturated heterocycles. The molecule has 0 radical (unpaired) electrons. The number of amides is 3. The van der Waals surface area contributed by atoms with Crippen LogP contribution in [0.25, 0.3) is 10.1 Å². The number of esters is 1. The maximum Gasteiger partial charge on any atom is 0.355 e. The second-order valence-corrected chi connectivity index (χ2v) is 20.6. The Bertz CT molecular complexity index is 2130. The molecule has 3 aromatic rings. The van der Waals surface area contributed by atoms with E-state index < -0.39 is 49.6 Å². The van der Waals surface area contributed by atoms with Crippen LogP contribution in [0.2, 0.25) is 0 Å². The second-order valence-electron chi connectivity index (χ2n) is 17.5. The molecule has 7 atom stereocenters. The molecule has 3 amide bonds. The van der Waals surface area contributed by atoms with Crippen LogP contribution >= 0.6 is 18.9 Å². The van der Waals surface area contributed by atoms with E-state index in [1.807, 2.05) is 18.9 Å². The number of fused-ring (bicyclic) bond motifs is 2. The molecule has 1 aromatic heterocycles. The summed E-state index contributed by atoms with van der Waals surface area (Å²) in [7, 11) is -2.44. The summed E-state index contributed by atoms with van der Waals surface area (Å²) in [5.41, 5.74) is -0.0396. The maximum absolute atomic E-state index is 16.6. The summed E-state index contributed by atoms with van der Waals surface area (Å²) >= 11 is 1.18. The molecule has 2 saturated carbocycles. The van der Waals surface area contributed by atoms with Crippen molar-refractivity contribution < 1.29 is 41.8 Å². The lowest BCUT2D eigenvalue weighted by Gasteiger charge is -2.45. The van der Waals surface area contributed by atoms with Crippen molar-refractivity contribution in [2.45, 2.75) is 145 Å². The molecule has 5 aliphatic rings. The first-order valence-electron chi connectivity index (χ1n) is 21.6. The second kappa shape index (κ2) is 17.5. The van der Waals surface area contributed by atoms with Crippen LogP contribution in [0.5, 0.6) is 5.75 Å². The van der Waals surface area contributed by atoms with E-state index in [1.165, 1.54) is 30.4 Å². The number of ether oxygens (including phenoxy) is 1. The summed E-state index contributed by atoms with van der Waals surface area (Å²) in [5.74, 6) is -3.44. The highest BCUT2D eigenvalue weighted by Gasteiger charge is 2.56. The number of likely N-dealkylation sites (tertiary alicyclic amines) is 1. The largest absolute Gasteiger partial charge is 0.465 e. The molecule has 1 spiro atoms. The standard InChI is InChI=1S/C44H56F2N5O7PS/c1-4-21-57-43(55)27(2)48-59(56,58-34-9-6-5-7-10-34)39(46)28-11-16-37-29(22-28)23-38(60-37)40(52)47-35-14-12-31(49(3)33-24-30(45)25-33)26-32-13-15-36(51(32)41(35)53)42(54)50-20-8-17-44(50)18-19-44/h5-7,9-11,16,22-23,27,30-33,35-36,39H,4,8,12-15,17-21,24-26H2,1-3H3,(H,47,52)(H,48,56)/t27-,30?,31-,32+,33?,35?,36-,39+,59?/m0/s1. The van der Waals surface area contributed by atoms with Crippen molar-refractivity contribution in [3.63, 3.8) is 0 Å². The van der Waals surface area contributed by atoms with Gasteiger partial charge in [-0.05, 0) is 132 Å². The number of alkyl halides is 2. The van der Waals surface area contributed by atoms with E-state index in [0.717, 1.165) is 25.7 Å². The van der Waals surface area contributed by atoms with Gasteiger partial charge >= 0.3 is 13.5 Å². The number of carbonyl (C=O) groups is 4. The van der Waals surface area contributed by atoms with E-state index in [9.17, 15) is 28.1 Å². The molecule has 2 unspecified atom stereocenters. The van der Waals surface area contributed by atoms with Crippen molar-refractivity contribution in [2.24, 2.45) is 0 Å². The van der Waals surface area contributed by atoms with Gasteiger partial charge < -0.3 is 29.3 Å². The summed E-state index contributed by atoms with van der Waals surface area (Å²) in [5, 5.41) is 6.15. The van der Waals surface area contributed by atoms with E-state index >= 15 is 4.39 Å². The minimum absolute atomic E-state index is 0.0157. The number of thiophene rings is 1. The average molecular weight is 868 g/mol. The van der Waals surface area contributed by atoms with Crippen LogP contribution in [0.1, 0.15) is 112 Å². The summed E-state index contributed by atoms with van der Waals surface area (Å²) in [6.07, 6.45) is 7.66. The zero-order valence-electron chi connectivity index (χ0n) is 34.5. The number of nitrogens with zero attached hydrogens (tertiary/aromatic N) is 3. The molecule has 2 aliphatic carbocycles. The highest BCUT2D eigenvalue weighted by Crippen LogP contribution is 2.58. The number of hydrogen-bond acceptors (Lipinski definition) is 9. The van der Waals surface area contributed by atoms with Crippen LogP contribution in [-0.4, -0.2) is 107 Å². The van der Waals surface area contributed by atoms with Gasteiger partial charge in [0.05, 0.1) is 11.5 Å². The molecular weight excluding hydrogens is 812 g/mol. The van der Waals surface area contributed by atoms with Gasteiger partial charge in [0.25, 0.3) is 5.91 Å². The van der Waals surface area contributed by atoms with Gasteiger partial charge in [-0.3, -0.25) is 23.7 Å². The number of benzene rings is 2. The monoisotopic (exact) mass is 867 g/mol. The Morgan fingerprint density at radius 3 is 2.50 bits per heavy atom. The van der Waals surface area contributed by atoms with E-state index in [2.05, 4.69) is 15.3 Å². The number of carbonyl (C=O) groups excluding carboxylic acids is 4. The molecular formula is C44H56F2N5O7PS. The van der Waals surface area contributed by atoms with Gasteiger partial charge in [-0.2, -0.15) is 0 Å². The summed E-state index contributed by atoms with van der Waals surface area (Å²) in [6, 6.07) is 11.8. The van der Waals surface area contributed by atoms with Gasteiger partial charge in [0.15, 0.2) is 0 Å². The average Bonchev–Trinajstić information content (AvgIpc) is 3.50. The van der Waals surface area contributed by atoms with Crippen LogP contribution in [0.15, 0.2) is 54.6 Å². The van der Waals surface area contributed by atoms with Crippen LogP contribution < -0.4 is 14.9 Å². The van der Waals surface area contributed by atoms with Crippen molar-refractivity contribution in [1.29, 1.82) is 0 Å². The van der Waals surface area contributed by atoms with E-state index in [-0.39, 0.29) is 53.4 Å². The fourth-order valence-electron chi connectivity index (χ4n) is 9.74. The molecule has 3 aliphatic heterocycles. The molecule has 2 aromatic carbocycles. The third-order valence-electron chi connectivity index (χ3n) is 13.4. The van der Waals surface area contributed by atoms with E-state index in [1.54, 1.807) is 47.4 Å². The third kappa shape index (κ3) is 8.61. The lowest BCUT2D eigenvalue weighted by molar-refractivity contribution is -0.148. The molecule has 60 heavy (non-hydrogen) atoms. The number of rotatable bonds is 14. The lowest BCUT2D eigenvalue weighted by atomic mass is 9.86. The highest BCUT2D eigenvalue weighted by molar-refractivity contribution is 7.57. The predicted octanol–water partition coefficient (Wildman–Crippen LogP) is 7.67. The van der Waals surface area contributed by atoms with Crippen LogP contribution in [0.3, 0.4) is 0 Å². The van der Waals surface area contributed by atoms with Gasteiger partial charge in [0.2, 0.25) is 17.7 Å². The molecule has 4 heterocycles. The molecule has 324 valence electrons. The zero-order valence-corrected chi connectivity index (χ0v) is 36.2. The maximum atomic E-state index is 16.6. The van der Waals surface area contributed by atoms with Crippen LogP contribution in [0, 0.1) is 0 Å². The normalized spacial score (nSPS) is 28.0. The SMILES string of the molecule is CCCOC(=O)[C@H](C)NP(=O)(Oc1ccccc1)[C@@H](F)c1ccc2sc(C(=O)NC3CC[C@H](N(C)C4CC(F)C4)C[C@H]4CC[C@@H](C(=O)N5CCCC56CC6)N4C3=O)cc2c1. The fourth-order valence-corrected chi connectivity index (χ4v) is 12.6. The first-order valence-corrected chi connectivity index (χ1v) is 24.1. The number of hydrogen-bond donors (Lipinski definition) is 2. The smallest absolute Gasteiger partial charge is 0.355 e. The molecule has 8 rings (SSSR count). The van der Waals surface area contributed by atoms with E-state index in [4.69, 9.17) is 9.26 Å². The minimum Gasteiger partial charge on any atom is -0.465 e. The first kappa shape index (κ1) is 42.8. The Morgan fingerprint density at radius 2 is 1.78 bits per heavy atom. The Hall–Kier alpha value is -3.91. The Kier molecular flexibility index (Phi) is 12.4. The van der Waals surface area contributed by atoms with Gasteiger partial charge in [-0.25, -0.2) is 13.9 Å². The fraction of sp³-hybridized carbons (Fsp3) is 0.591. The quantitative estimate of drug-likeness (QED) is 0.124. The molecule has 2 N–H and O–H groups in total. The lowest BCUT2D eigenvalue weighted by Crippen LogP contribution is -2.59. The summed E-state index contributed by atoms with van der Waals surface area (Å²) in [4.78, 5) is 62.0. The van der Waals surface area contributed by atoms with Gasteiger partial charge in [0.1, 0.15) is 30.0 Å². The molecule has 16 heteroatoms. The number of nitrogens with one attached hydrogen (secondary N) is 2. The number of para-hydroxylation sites is 1. The number of halogens is 2. The predicted molar refractivity (Wildman–Crippen MR) is 225 cm³/mol. The van der Waals surface area contributed by atoms with E-state index in [0.29, 0.717) is 72.9 Å². The Labute approximate surface area is 354 Å². The van der Waals surface area contributed by atoms with Crippen molar-refractivity contribution >= 4 is 52.6 Å². The van der Waals surface area contributed by atoms with Crippen molar-refractivity contribution in [3.8, 4) is 5.75 Å². The molecule has 0 bridgehead atoms. The Morgan fingerprint density at radius 1 is 1.02 bits per heavy atom. The van der Waals surface area contributed by atoms with Crippen LogP contribution in [-0.2, 0) is 23.7 Å². The topological polar surface area (TPSA) is 138 Å². The molecule has 12 nitrogen and oxygen atoms in total. The highest BCUT2D eigenvalue weighted by atomic mass is 32.1. The molecule has 5 fully saturated rings. The first-order chi connectivity index (χ1) is 28.8. The van der Waals surface area contributed by atoms with Crippen LogP contribution in [0.4, 0.5) is 8.78 Å². The third-order valence-corrected chi connectivity index (χ3v) is 16.6. The van der Waals surface area contributed by atoms with Crippen molar-refractivity contribution in [1.82, 2.24) is 25.1 Å². The van der Waals surface area contributed by atoms with Crippen molar-refractivity contribution in [2.75, 3.05) is 20.2 Å². The summed E-state index contributed by atoms with van der Waals surface area (Å²) in [6.45, 7) is 4.14. The van der Waals surface area contributed by atoms with Gasteiger partial charge in [0, 0.05) is 34.9 Å². The van der Waals surface area contributed by atoms with Gasteiger partial charge in [-0.1, -0.05) is 31.2 Å². The van der Waals surface area contributed by atoms with Crippen molar-refractivity contribution in [3.05, 3.63) is 65.0 Å². The zero-order chi connectivity index (χ0) is 42.3.